The fourth-order valence-corrected chi connectivity index (χ4v) is 4.39. The molecule has 0 saturated carbocycles. The quantitative estimate of drug-likeness (QED) is 0.515. The standard InChI is InChI=1S/C20H24N6O2S2/c1-5-26-16(10-17(27)22-15-9-7-6-8-12(15)2)24-25-20(26)29-11-18(28)23-19-21-13(3)14(4)30-19/h6-9H,5,10-11H2,1-4H3,(H,22,27)(H,21,23,28). The Kier molecular flexibility index (Phi) is 7.22. The van der Waals surface area contributed by atoms with Gasteiger partial charge in [-0.1, -0.05) is 30.0 Å². The van der Waals surface area contributed by atoms with E-state index in [1.54, 1.807) is 0 Å². The zero-order valence-electron chi connectivity index (χ0n) is 17.4. The summed E-state index contributed by atoms with van der Waals surface area (Å²) >= 11 is 2.74. The van der Waals surface area contributed by atoms with Gasteiger partial charge in [0, 0.05) is 17.1 Å². The fraction of sp³-hybridized carbons (Fsp3) is 0.350. The van der Waals surface area contributed by atoms with Crippen LogP contribution in [0.2, 0.25) is 0 Å². The molecule has 10 heteroatoms. The Hall–Kier alpha value is -2.72. The van der Waals surface area contributed by atoms with E-state index in [2.05, 4.69) is 25.8 Å². The Morgan fingerprint density at radius 3 is 2.53 bits per heavy atom. The minimum absolute atomic E-state index is 0.111. The highest BCUT2D eigenvalue weighted by Gasteiger charge is 2.17. The van der Waals surface area contributed by atoms with Crippen molar-refractivity contribution in [1.82, 2.24) is 19.7 Å². The molecule has 0 aliphatic rings. The molecule has 3 rings (SSSR count). The van der Waals surface area contributed by atoms with Gasteiger partial charge in [0.15, 0.2) is 10.3 Å². The molecular formula is C20H24N6O2S2. The smallest absolute Gasteiger partial charge is 0.236 e. The molecule has 0 bridgehead atoms. The highest BCUT2D eigenvalue weighted by molar-refractivity contribution is 7.99. The summed E-state index contributed by atoms with van der Waals surface area (Å²) in [4.78, 5) is 30.1. The number of aromatic nitrogens is 4. The maximum atomic E-state index is 12.4. The van der Waals surface area contributed by atoms with Crippen molar-refractivity contribution in [3.63, 3.8) is 0 Å². The van der Waals surface area contributed by atoms with Gasteiger partial charge in [-0.15, -0.1) is 21.5 Å². The topological polar surface area (TPSA) is 102 Å². The number of benzene rings is 1. The van der Waals surface area contributed by atoms with Gasteiger partial charge in [-0.05, 0) is 39.3 Å². The average molecular weight is 445 g/mol. The molecule has 2 N–H and O–H groups in total. The van der Waals surface area contributed by atoms with Gasteiger partial charge >= 0.3 is 0 Å². The lowest BCUT2D eigenvalue weighted by atomic mass is 10.2. The maximum Gasteiger partial charge on any atom is 0.236 e. The first-order chi connectivity index (χ1) is 14.4. The minimum atomic E-state index is -0.157. The van der Waals surface area contributed by atoms with Crippen LogP contribution >= 0.6 is 23.1 Å². The van der Waals surface area contributed by atoms with Gasteiger partial charge in [0.2, 0.25) is 11.8 Å². The van der Waals surface area contributed by atoms with Gasteiger partial charge in [0.1, 0.15) is 5.82 Å². The summed E-state index contributed by atoms with van der Waals surface area (Å²) < 4.78 is 1.85. The third-order valence-electron chi connectivity index (χ3n) is 4.45. The van der Waals surface area contributed by atoms with Crippen molar-refractivity contribution in [2.45, 2.75) is 45.8 Å². The summed E-state index contributed by atoms with van der Waals surface area (Å²) in [6.45, 7) is 8.39. The van der Waals surface area contributed by atoms with Gasteiger partial charge in [-0.2, -0.15) is 0 Å². The minimum Gasteiger partial charge on any atom is -0.325 e. The Labute approximate surface area is 183 Å². The SMILES string of the molecule is CCn1c(CC(=O)Nc2ccccc2C)nnc1SCC(=O)Nc1nc(C)c(C)s1. The van der Waals surface area contributed by atoms with E-state index in [0.29, 0.717) is 22.7 Å². The van der Waals surface area contributed by atoms with Crippen LogP contribution in [0, 0.1) is 20.8 Å². The Morgan fingerprint density at radius 2 is 1.87 bits per heavy atom. The number of nitrogens with one attached hydrogen (secondary N) is 2. The molecule has 30 heavy (non-hydrogen) atoms. The second kappa shape index (κ2) is 9.86. The van der Waals surface area contributed by atoms with Crippen LogP contribution in [0.5, 0.6) is 0 Å². The van der Waals surface area contributed by atoms with Crippen molar-refractivity contribution in [3.05, 3.63) is 46.2 Å². The molecule has 0 saturated heterocycles. The molecule has 0 fully saturated rings. The van der Waals surface area contributed by atoms with E-state index in [-0.39, 0.29) is 24.0 Å². The van der Waals surface area contributed by atoms with Crippen LogP contribution in [-0.2, 0) is 22.6 Å². The van der Waals surface area contributed by atoms with Crippen molar-refractivity contribution in [1.29, 1.82) is 0 Å². The summed E-state index contributed by atoms with van der Waals surface area (Å²) in [6.07, 6.45) is 0.111. The van der Waals surface area contributed by atoms with Crippen LogP contribution < -0.4 is 10.6 Å². The fourth-order valence-electron chi connectivity index (χ4n) is 2.74. The first kappa shape index (κ1) is 22.0. The van der Waals surface area contributed by atoms with Gasteiger partial charge in [0.05, 0.1) is 17.9 Å². The molecule has 0 spiro atoms. The van der Waals surface area contributed by atoms with E-state index in [0.717, 1.165) is 21.8 Å². The number of carbonyl (C=O) groups excluding carboxylic acids is 2. The number of rotatable bonds is 8. The Balaban J connectivity index is 1.58. The molecule has 1 aromatic carbocycles. The molecule has 0 aliphatic carbocycles. The molecule has 0 radical (unpaired) electrons. The Bertz CT molecular complexity index is 1040. The van der Waals surface area contributed by atoms with E-state index in [1.165, 1.54) is 23.1 Å². The monoisotopic (exact) mass is 444 g/mol. The van der Waals surface area contributed by atoms with Gasteiger partial charge in [0.25, 0.3) is 0 Å². The number of para-hydroxylation sites is 1. The predicted molar refractivity (Wildman–Crippen MR) is 120 cm³/mol. The number of thioether (sulfide) groups is 1. The number of hydrogen-bond acceptors (Lipinski definition) is 7. The van der Waals surface area contributed by atoms with E-state index < -0.39 is 0 Å². The lowest BCUT2D eigenvalue weighted by Crippen LogP contribution is -2.18. The van der Waals surface area contributed by atoms with E-state index >= 15 is 0 Å². The highest BCUT2D eigenvalue weighted by Crippen LogP contribution is 2.22. The third-order valence-corrected chi connectivity index (χ3v) is 6.41. The van der Waals surface area contributed by atoms with Crippen LogP contribution in [-0.4, -0.2) is 37.3 Å². The second-order valence-electron chi connectivity index (χ2n) is 6.68. The third kappa shape index (κ3) is 5.45. The molecule has 2 aromatic heterocycles. The lowest BCUT2D eigenvalue weighted by Gasteiger charge is -2.09. The largest absolute Gasteiger partial charge is 0.325 e. The summed E-state index contributed by atoms with van der Waals surface area (Å²) in [5.74, 6) is 0.441. The van der Waals surface area contributed by atoms with Crippen LogP contribution in [0.4, 0.5) is 10.8 Å². The summed E-state index contributed by atoms with van der Waals surface area (Å²) in [7, 11) is 0. The van der Waals surface area contributed by atoms with E-state index in [1.807, 2.05) is 56.5 Å². The van der Waals surface area contributed by atoms with Crippen molar-refractivity contribution < 1.29 is 9.59 Å². The summed E-state index contributed by atoms with van der Waals surface area (Å²) in [5, 5.41) is 15.2. The normalized spacial score (nSPS) is 10.8. The molecule has 2 heterocycles. The number of anilines is 2. The van der Waals surface area contributed by atoms with Crippen LogP contribution in [0.3, 0.4) is 0 Å². The summed E-state index contributed by atoms with van der Waals surface area (Å²) in [6, 6.07) is 7.61. The van der Waals surface area contributed by atoms with E-state index in [4.69, 9.17) is 0 Å². The second-order valence-corrected chi connectivity index (χ2v) is 8.83. The predicted octanol–water partition coefficient (Wildman–Crippen LogP) is 3.59. The van der Waals surface area contributed by atoms with Crippen molar-refractivity contribution in [2.75, 3.05) is 16.4 Å². The highest BCUT2D eigenvalue weighted by atomic mass is 32.2. The van der Waals surface area contributed by atoms with Crippen LogP contribution in [0.15, 0.2) is 29.4 Å². The number of aryl methyl sites for hydroxylation is 3. The average Bonchev–Trinajstić information content (AvgIpc) is 3.23. The molecule has 8 nitrogen and oxygen atoms in total. The molecular weight excluding hydrogens is 420 g/mol. The van der Waals surface area contributed by atoms with Gasteiger partial charge in [-0.25, -0.2) is 4.98 Å². The number of amides is 2. The van der Waals surface area contributed by atoms with Crippen molar-refractivity contribution >= 4 is 45.7 Å². The van der Waals surface area contributed by atoms with Gasteiger partial charge in [-0.3, -0.25) is 9.59 Å². The lowest BCUT2D eigenvalue weighted by molar-refractivity contribution is -0.116. The first-order valence-corrected chi connectivity index (χ1v) is 11.3. The number of nitrogens with zero attached hydrogens (tertiary/aromatic N) is 4. The molecule has 2 amide bonds. The maximum absolute atomic E-state index is 12.4. The van der Waals surface area contributed by atoms with Crippen molar-refractivity contribution in [3.8, 4) is 0 Å². The number of hydrogen-bond donors (Lipinski definition) is 2. The molecule has 0 aliphatic heterocycles. The molecule has 0 atom stereocenters. The molecule has 3 aromatic rings. The van der Waals surface area contributed by atoms with E-state index in [9.17, 15) is 9.59 Å². The summed E-state index contributed by atoms with van der Waals surface area (Å²) in [5.41, 5.74) is 2.70. The van der Waals surface area contributed by atoms with Crippen LogP contribution in [0.1, 0.15) is 28.9 Å². The first-order valence-electron chi connectivity index (χ1n) is 9.51. The number of carbonyl (C=O) groups is 2. The Morgan fingerprint density at radius 1 is 1.10 bits per heavy atom. The zero-order valence-corrected chi connectivity index (χ0v) is 19.0. The van der Waals surface area contributed by atoms with Crippen molar-refractivity contribution in [2.24, 2.45) is 0 Å². The number of thiazole rings is 1. The van der Waals surface area contributed by atoms with Gasteiger partial charge < -0.3 is 15.2 Å². The zero-order chi connectivity index (χ0) is 21.7. The van der Waals surface area contributed by atoms with Crippen LogP contribution in [0.25, 0.3) is 0 Å². The molecule has 158 valence electrons. The molecule has 0 unspecified atom stereocenters.